The number of nitrogens with zero attached hydrogens (tertiary/aromatic N) is 3. The van der Waals surface area contributed by atoms with Crippen molar-refractivity contribution in [3.63, 3.8) is 0 Å². The van der Waals surface area contributed by atoms with Crippen LogP contribution in [-0.4, -0.2) is 37.3 Å². The molecule has 0 saturated heterocycles. The van der Waals surface area contributed by atoms with Gasteiger partial charge in [-0.25, -0.2) is 9.97 Å². The van der Waals surface area contributed by atoms with Gasteiger partial charge in [0.05, 0.1) is 6.42 Å². The third-order valence-electron chi connectivity index (χ3n) is 3.83. The predicted molar refractivity (Wildman–Crippen MR) is 87.5 cm³/mol. The van der Waals surface area contributed by atoms with E-state index in [9.17, 15) is 36.2 Å². The molecule has 0 fully saturated rings. The lowest BCUT2D eigenvalue weighted by Gasteiger charge is -2.26. The molecule has 0 aromatic carbocycles. The third-order valence-corrected chi connectivity index (χ3v) is 3.83. The summed E-state index contributed by atoms with van der Waals surface area (Å²) in [5.41, 5.74) is -5.55. The second kappa shape index (κ2) is 6.61. The Hall–Kier alpha value is -2.37. The number of alkyl halides is 6. The van der Waals surface area contributed by atoms with Gasteiger partial charge >= 0.3 is 12.4 Å². The number of aliphatic hydroxyl groups is 1. The summed E-state index contributed by atoms with van der Waals surface area (Å²) < 4.78 is 78.3. The lowest BCUT2D eigenvalue weighted by molar-refractivity contribution is -0.253. The summed E-state index contributed by atoms with van der Waals surface area (Å²) in [7, 11) is 0. The van der Waals surface area contributed by atoms with Gasteiger partial charge in [-0.1, -0.05) is 0 Å². The zero-order valence-corrected chi connectivity index (χ0v) is 15.3. The van der Waals surface area contributed by atoms with Crippen LogP contribution in [0.2, 0.25) is 0 Å². The number of halogens is 6. The fourth-order valence-corrected chi connectivity index (χ4v) is 2.42. The van der Waals surface area contributed by atoms with Crippen LogP contribution in [0, 0.1) is 0 Å². The Labute approximate surface area is 155 Å². The number of fused-ring (bicyclic) bond motifs is 1. The molecule has 2 N–H and O–H groups in total. The van der Waals surface area contributed by atoms with Crippen LogP contribution in [0.5, 0.6) is 0 Å². The Morgan fingerprint density at radius 3 is 2.11 bits per heavy atom. The zero-order valence-electron chi connectivity index (χ0n) is 15.3. The molecule has 0 aliphatic heterocycles. The highest BCUT2D eigenvalue weighted by Crippen LogP contribution is 2.34. The SMILES string of the molecule is CC(C)(C)n1c(NC(=O)CC(C)(O)C(F)(F)F)nc2ccc(C(F)(F)F)nc21. The normalized spacial score (nSPS) is 15.5. The Kier molecular flexibility index (Phi) is 5.17. The summed E-state index contributed by atoms with van der Waals surface area (Å²) in [4.78, 5) is 19.6. The number of hydrogen-bond acceptors (Lipinski definition) is 4. The van der Waals surface area contributed by atoms with Crippen molar-refractivity contribution in [1.82, 2.24) is 14.5 Å². The molecule has 0 bridgehead atoms. The topological polar surface area (TPSA) is 80.0 Å². The van der Waals surface area contributed by atoms with Crippen molar-refractivity contribution in [2.75, 3.05) is 5.32 Å². The van der Waals surface area contributed by atoms with Gasteiger partial charge in [0.1, 0.15) is 11.2 Å². The minimum Gasteiger partial charge on any atom is -0.380 e. The molecule has 1 atom stereocenters. The molecule has 1 amide bonds. The molecule has 0 saturated carbocycles. The highest BCUT2D eigenvalue weighted by atomic mass is 19.4. The first-order chi connectivity index (χ1) is 12.4. The second-order valence-corrected chi connectivity index (χ2v) is 7.48. The van der Waals surface area contributed by atoms with E-state index < -0.39 is 41.5 Å². The highest BCUT2D eigenvalue weighted by molar-refractivity contribution is 5.91. The fourth-order valence-electron chi connectivity index (χ4n) is 2.42. The standard InChI is InChI=1S/C16H18F6N4O2/c1-13(2,3)26-11-8(5-6-9(24-11)15(17,18)19)23-12(26)25-10(27)7-14(4,28)16(20,21)22/h5-6,28H,7H2,1-4H3,(H,23,25,27). The number of carbonyl (C=O) groups is 1. The van der Waals surface area contributed by atoms with Gasteiger partial charge in [0.25, 0.3) is 0 Å². The van der Waals surface area contributed by atoms with Gasteiger partial charge in [0.2, 0.25) is 11.9 Å². The number of rotatable bonds is 3. The lowest BCUT2D eigenvalue weighted by atomic mass is 10.0. The summed E-state index contributed by atoms with van der Waals surface area (Å²) in [5.74, 6) is -1.49. The number of amides is 1. The van der Waals surface area contributed by atoms with Gasteiger partial charge in [-0.15, -0.1) is 0 Å². The van der Waals surface area contributed by atoms with Gasteiger partial charge in [-0.05, 0) is 39.8 Å². The summed E-state index contributed by atoms with van der Waals surface area (Å²) in [6, 6.07) is 1.76. The number of aromatic nitrogens is 3. The van der Waals surface area contributed by atoms with E-state index in [1.54, 1.807) is 20.8 Å². The minimum absolute atomic E-state index is 0.0146. The Balaban J connectivity index is 2.49. The van der Waals surface area contributed by atoms with Crippen molar-refractivity contribution in [2.24, 2.45) is 0 Å². The number of imidazole rings is 1. The van der Waals surface area contributed by atoms with Crippen molar-refractivity contribution in [2.45, 2.75) is 57.6 Å². The molecule has 0 aliphatic carbocycles. The van der Waals surface area contributed by atoms with Gasteiger partial charge in [-0.3, -0.25) is 14.7 Å². The maximum atomic E-state index is 13.0. The molecule has 2 aromatic rings. The minimum atomic E-state index is -5.04. The maximum Gasteiger partial charge on any atom is 0.433 e. The maximum absolute atomic E-state index is 13.0. The Bertz CT molecular complexity index is 893. The molecule has 0 spiro atoms. The first-order valence-corrected chi connectivity index (χ1v) is 7.99. The van der Waals surface area contributed by atoms with Gasteiger partial charge in [-0.2, -0.15) is 26.3 Å². The van der Waals surface area contributed by atoms with Crippen LogP contribution in [0.3, 0.4) is 0 Å². The van der Waals surface area contributed by atoms with Crippen molar-refractivity contribution < 1.29 is 36.2 Å². The van der Waals surface area contributed by atoms with Crippen molar-refractivity contribution >= 4 is 23.0 Å². The average Bonchev–Trinajstić information content (AvgIpc) is 2.80. The second-order valence-electron chi connectivity index (χ2n) is 7.48. The van der Waals surface area contributed by atoms with Crippen LogP contribution < -0.4 is 5.32 Å². The van der Waals surface area contributed by atoms with Crippen LogP contribution in [0.25, 0.3) is 11.2 Å². The quantitative estimate of drug-likeness (QED) is 0.751. The predicted octanol–water partition coefficient (Wildman–Crippen LogP) is 3.85. The monoisotopic (exact) mass is 412 g/mol. The first kappa shape index (κ1) is 21.9. The molecule has 0 radical (unpaired) electrons. The molecule has 2 heterocycles. The van der Waals surface area contributed by atoms with Gasteiger partial charge in [0, 0.05) is 5.54 Å². The molecule has 12 heteroatoms. The Morgan fingerprint density at radius 1 is 1.07 bits per heavy atom. The van der Waals surface area contributed by atoms with Gasteiger partial charge in [0.15, 0.2) is 11.2 Å². The van der Waals surface area contributed by atoms with E-state index in [1.165, 1.54) is 4.57 Å². The number of nitrogens with one attached hydrogen (secondary N) is 1. The number of pyridine rings is 1. The Morgan fingerprint density at radius 2 is 1.64 bits per heavy atom. The third kappa shape index (κ3) is 4.37. The summed E-state index contributed by atoms with van der Waals surface area (Å²) in [5, 5.41) is 11.6. The highest BCUT2D eigenvalue weighted by Gasteiger charge is 2.51. The van der Waals surface area contributed by atoms with E-state index in [0.29, 0.717) is 13.0 Å². The molecule has 156 valence electrons. The van der Waals surface area contributed by atoms with E-state index in [0.717, 1.165) is 6.07 Å². The molecule has 0 aliphatic rings. The molecule has 28 heavy (non-hydrogen) atoms. The van der Waals surface area contributed by atoms with E-state index in [2.05, 4.69) is 15.3 Å². The van der Waals surface area contributed by atoms with Crippen molar-refractivity contribution in [3.8, 4) is 0 Å². The van der Waals surface area contributed by atoms with Crippen LogP contribution in [0.1, 0.15) is 39.8 Å². The zero-order chi connectivity index (χ0) is 21.7. The van der Waals surface area contributed by atoms with E-state index in [1.807, 2.05) is 0 Å². The molecule has 1 unspecified atom stereocenters. The first-order valence-electron chi connectivity index (χ1n) is 7.99. The average molecular weight is 412 g/mol. The van der Waals surface area contributed by atoms with E-state index in [4.69, 9.17) is 0 Å². The van der Waals surface area contributed by atoms with E-state index in [-0.39, 0.29) is 17.1 Å². The lowest BCUT2D eigenvalue weighted by Crippen LogP contribution is -2.45. The number of anilines is 1. The largest absolute Gasteiger partial charge is 0.433 e. The van der Waals surface area contributed by atoms with Gasteiger partial charge < -0.3 is 5.11 Å². The van der Waals surface area contributed by atoms with E-state index >= 15 is 0 Å². The molecular formula is C16H18F6N4O2. The van der Waals surface area contributed by atoms with Crippen molar-refractivity contribution in [3.05, 3.63) is 17.8 Å². The van der Waals surface area contributed by atoms with Crippen LogP contribution in [0.4, 0.5) is 32.3 Å². The smallest absolute Gasteiger partial charge is 0.380 e. The van der Waals surface area contributed by atoms with Crippen LogP contribution in [-0.2, 0) is 16.5 Å². The molecule has 6 nitrogen and oxygen atoms in total. The van der Waals surface area contributed by atoms with Crippen molar-refractivity contribution in [1.29, 1.82) is 0 Å². The molecule has 2 rings (SSSR count). The van der Waals surface area contributed by atoms with Crippen LogP contribution in [0.15, 0.2) is 12.1 Å². The number of carbonyl (C=O) groups excluding carboxylic acids is 1. The summed E-state index contributed by atoms with van der Waals surface area (Å²) in [6.45, 7) is 5.23. The van der Waals surface area contributed by atoms with Crippen LogP contribution >= 0.6 is 0 Å². The fraction of sp³-hybridized carbons (Fsp3) is 0.562. The number of hydrogen-bond donors (Lipinski definition) is 2. The molecule has 2 aromatic heterocycles. The summed E-state index contributed by atoms with van der Waals surface area (Å²) >= 11 is 0. The molecular weight excluding hydrogens is 394 g/mol. The summed E-state index contributed by atoms with van der Waals surface area (Å²) in [6.07, 6.45) is -11.1.